The molecule has 0 bridgehead atoms. The van der Waals surface area contributed by atoms with Crippen molar-refractivity contribution in [2.45, 2.75) is 26.5 Å². The Morgan fingerprint density at radius 1 is 1.31 bits per heavy atom. The normalized spacial score (nSPS) is 9.75. The number of rotatable bonds is 3. The molecular formula is C11H13N3OS. The molecule has 16 heavy (non-hydrogen) atoms. The second kappa shape index (κ2) is 5.05. The van der Waals surface area contributed by atoms with E-state index in [-0.39, 0.29) is 0 Å². The Balaban J connectivity index is 3.76. The SMILES string of the molecule is Cc1c(C=O)c(C)c(N=[N+]=[N-])c(C)c1CS. The van der Waals surface area contributed by atoms with Crippen LogP contribution in [-0.2, 0) is 5.75 Å². The molecule has 0 aliphatic rings. The van der Waals surface area contributed by atoms with Crippen LogP contribution in [0.4, 0.5) is 5.69 Å². The minimum Gasteiger partial charge on any atom is -0.298 e. The first-order chi connectivity index (χ1) is 7.58. The lowest BCUT2D eigenvalue weighted by Crippen LogP contribution is -2.00. The topological polar surface area (TPSA) is 65.8 Å². The van der Waals surface area contributed by atoms with E-state index in [1.54, 1.807) is 6.92 Å². The van der Waals surface area contributed by atoms with Crippen LogP contribution in [0.15, 0.2) is 5.11 Å². The zero-order valence-electron chi connectivity index (χ0n) is 9.48. The summed E-state index contributed by atoms with van der Waals surface area (Å²) >= 11 is 4.23. The van der Waals surface area contributed by atoms with Gasteiger partial charge in [0.2, 0.25) is 0 Å². The highest BCUT2D eigenvalue weighted by Crippen LogP contribution is 2.33. The molecule has 0 amide bonds. The van der Waals surface area contributed by atoms with E-state index in [1.165, 1.54) is 0 Å². The maximum atomic E-state index is 11.0. The number of benzene rings is 1. The third kappa shape index (κ3) is 1.92. The molecule has 1 aromatic rings. The molecule has 0 aliphatic heterocycles. The molecule has 1 aromatic carbocycles. The number of nitrogens with zero attached hydrogens (tertiary/aromatic N) is 3. The van der Waals surface area contributed by atoms with Crippen molar-refractivity contribution in [1.82, 2.24) is 0 Å². The van der Waals surface area contributed by atoms with Gasteiger partial charge in [0.25, 0.3) is 0 Å². The highest BCUT2D eigenvalue weighted by Gasteiger charge is 2.14. The first kappa shape index (κ1) is 12.6. The molecule has 0 N–H and O–H groups in total. The van der Waals surface area contributed by atoms with Gasteiger partial charge in [-0.05, 0) is 48.6 Å². The Morgan fingerprint density at radius 3 is 2.38 bits per heavy atom. The van der Waals surface area contributed by atoms with Crippen LogP contribution in [-0.4, -0.2) is 6.29 Å². The maximum Gasteiger partial charge on any atom is 0.150 e. The van der Waals surface area contributed by atoms with E-state index in [2.05, 4.69) is 22.7 Å². The largest absolute Gasteiger partial charge is 0.298 e. The molecule has 1 rings (SSSR count). The van der Waals surface area contributed by atoms with Crippen molar-refractivity contribution in [3.05, 3.63) is 38.3 Å². The summed E-state index contributed by atoms with van der Waals surface area (Å²) in [5, 5.41) is 3.65. The van der Waals surface area contributed by atoms with E-state index in [1.807, 2.05) is 13.8 Å². The van der Waals surface area contributed by atoms with Gasteiger partial charge in [-0.3, -0.25) is 4.79 Å². The first-order valence-corrected chi connectivity index (χ1v) is 5.45. The predicted molar refractivity (Wildman–Crippen MR) is 67.5 cm³/mol. The summed E-state index contributed by atoms with van der Waals surface area (Å²) in [7, 11) is 0. The van der Waals surface area contributed by atoms with Crippen LogP contribution in [0, 0.1) is 20.8 Å². The van der Waals surface area contributed by atoms with Gasteiger partial charge in [0.05, 0.1) is 0 Å². The van der Waals surface area contributed by atoms with Crippen LogP contribution in [0.2, 0.25) is 0 Å². The van der Waals surface area contributed by atoms with E-state index in [0.717, 1.165) is 28.5 Å². The fourth-order valence-corrected chi connectivity index (χ4v) is 2.36. The zero-order chi connectivity index (χ0) is 12.3. The van der Waals surface area contributed by atoms with Crippen molar-refractivity contribution in [3.8, 4) is 0 Å². The molecule has 0 aliphatic carbocycles. The lowest BCUT2D eigenvalue weighted by Gasteiger charge is -2.15. The van der Waals surface area contributed by atoms with Crippen molar-refractivity contribution < 1.29 is 4.79 Å². The van der Waals surface area contributed by atoms with Gasteiger partial charge in [0, 0.05) is 21.9 Å². The molecule has 4 nitrogen and oxygen atoms in total. The van der Waals surface area contributed by atoms with E-state index in [9.17, 15) is 4.79 Å². The molecule has 5 heteroatoms. The average Bonchev–Trinajstić information content (AvgIpc) is 2.26. The lowest BCUT2D eigenvalue weighted by atomic mass is 9.93. The Labute approximate surface area is 99.7 Å². The van der Waals surface area contributed by atoms with Crippen LogP contribution in [0.1, 0.15) is 32.6 Å². The first-order valence-electron chi connectivity index (χ1n) is 4.82. The van der Waals surface area contributed by atoms with Crippen LogP contribution < -0.4 is 0 Å². The van der Waals surface area contributed by atoms with E-state index < -0.39 is 0 Å². The number of carbonyl (C=O) groups excluding carboxylic acids is 1. The van der Waals surface area contributed by atoms with Gasteiger partial charge in [-0.15, -0.1) is 0 Å². The third-order valence-corrected chi connectivity index (χ3v) is 3.16. The summed E-state index contributed by atoms with van der Waals surface area (Å²) in [6.45, 7) is 5.55. The number of carbonyl (C=O) groups is 1. The highest BCUT2D eigenvalue weighted by molar-refractivity contribution is 7.79. The van der Waals surface area contributed by atoms with Crippen molar-refractivity contribution in [2.24, 2.45) is 5.11 Å². The molecular weight excluding hydrogens is 222 g/mol. The smallest absolute Gasteiger partial charge is 0.150 e. The number of thiol groups is 1. The predicted octanol–water partition coefficient (Wildman–Crippen LogP) is 3.80. The molecule has 0 spiro atoms. The summed E-state index contributed by atoms with van der Waals surface area (Å²) in [5.41, 5.74) is 13.1. The maximum absolute atomic E-state index is 11.0. The van der Waals surface area contributed by atoms with Gasteiger partial charge in [0.15, 0.2) is 6.29 Å². The van der Waals surface area contributed by atoms with E-state index in [4.69, 9.17) is 5.53 Å². The van der Waals surface area contributed by atoms with Crippen LogP contribution >= 0.6 is 12.6 Å². The van der Waals surface area contributed by atoms with Crippen LogP contribution in [0.5, 0.6) is 0 Å². The van der Waals surface area contributed by atoms with Gasteiger partial charge >= 0.3 is 0 Å². The lowest BCUT2D eigenvalue weighted by molar-refractivity contribution is 0.112. The van der Waals surface area contributed by atoms with Crippen molar-refractivity contribution in [2.75, 3.05) is 0 Å². The number of azide groups is 1. The summed E-state index contributed by atoms with van der Waals surface area (Å²) in [4.78, 5) is 13.8. The molecule has 0 fully saturated rings. The summed E-state index contributed by atoms with van der Waals surface area (Å²) < 4.78 is 0. The summed E-state index contributed by atoms with van der Waals surface area (Å²) in [6.07, 6.45) is 0.799. The van der Waals surface area contributed by atoms with Crippen molar-refractivity contribution in [3.63, 3.8) is 0 Å². The van der Waals surface area contributed by atoms with Gasteiger partial charge in [0.1, 0.15) is 0 Å². The van der Waals surface area contributed by atoms with E-state index in [0.29, 0.717) is 17.0 Å². The van der Waals surface area contributed by atoms with Crippen LogP contribution in [0.3, 0.4) is 0 Å². The Bertz CT molecular complexity index is 491. The quantitative estimate of drug-likeness (QED) is 0.280. The minimum atomic E-state index is 0.521. The Kier molecular flexibility index (Phi) is 3.99. The number of aldehydes is 1. The highest BCUT2D eigenvalue weighted by atomic mass is 32.1. The number of hydrogen-bond donors (Lipinski definition) is 1. The fraction of sp³-hybridized carbons (Fsp3) is 0.364. The molecule has 0 radical (unpaired) electrons. The molecule has 0 saturated heterocycles. The third-order valence-electron chi connectivity index (χ3n) is 2.84. The molecule has 84 valence electrons. The van der Waals surface area contributed by atoms with Crippen LogP contribution in [0.25, 0.3) is 10.4 Å². The van der Waals surface area contributed by atoms with Gasteiger partial charge < -0.3 is 0 Å². The second-order valence-corrected chi connectivity index (χ2v) is 3.90. The minimum absolute atomic E-state index is 0.521. The van der Waals surface area contributed by atoms with Gasteiger partial charge in [-0.1, -0.05) is 5.11 Å². The molecule has 0 heterocycles. The second-order valence-electron chi connectivity index (χ2n) is 3.58. The molecule has 0 atom stereocenters. The monoisotopic (exact) mass is 235 g/mol. The number of hydrogen-bond acceptors (Lipinski definition) is 3. The van der Waals surface area contributed by atoms with Crippen molar-refractivity contribution in [1.29, 1.82) is 0 Å². The van der Waals surface area contributed by atoms with Gasteiger partial charge in [-0.25, -0.2) is 0 Å². The summed E-state index contributed by atoms with van der Waals surface area (Å²) in [5.74, 6) is 0.521. The Morgan fingerprint density at radius 2 is 1.94 bits per heavy atom. The van der Waals surface area contributed by atoms with Crippen molar-refractivity contribution >= 4 is 24.6 Å². The molecule has 0 aromatic heterocycles. The molecule has 0 unspecified atom stereocenters. The van der Waals surface area contributed by atoms with E-state index >= 15 is 0 Å². The fourth-order valence-electron chi connectivity index (χ4n) is 1.89. The average molecular weight is 235 g/mol. The summed E-state index contributed by atoms with van der Waals surface area (Å²) in [6, 6.07) is 0. The zero-order valence-corrected chi connectivity index (χ0v) is 10.4. The molecule has 0 saturated carbocycles. The standard InChI is InChI=1S/C11H13N3OS/c1-6-9(4-15)7(2)11(13-14-12)8(3)10(6)5-16/h4,16H,5H2,1-3H3. The van der Waals surface area contributed by atoms with Gasteiger partial charge in [-0.2, -0.15) is 12.6 Å². The Hall–Kier alpha value is -1.45.